The Morgan fingerprint density at radius 2 is 1.61 bits per heavy atom. The molecule has 23 heavy (non-hydrogen) atoms. The molecule has 0 amide bonds. The van der Waals surface area contributed by atoms with Crippen molar-refractivity contribution in [2.45, 2.75) is 65.2 Å². The molecule has 0 N–H and O–H groups in total. The number of hydrogen-bond donors (Lipinski definition) is 0. The number of ketones is 1. The average molecular weight is 385 g/mol. The number of methoxy groups -OCH3 is 1. The lowest BCUT2D eigenvalue weighted by Gasteiger charge is -2.13. The molecule has 1 aromatic rings. The molecule has 0 saturated carbocycles. The Balaban J connectivity index is 2.38. The van der Waals surface area contributed by atoms with E-state index in [2.05, 4.69) is 22.9 Å². The van der Waals surface area contributed by atoms with Gasteiger partial charge in [0.15, 0.2) is 5.78 Å². The number of carbonyl (C=O) groups is 1. The number of ether oxygens (including phenoxy) is 2. The van der Waals surface area contributed by atoms with Gasteiger partial charge in [0.2, 0.25) is 0 Å². The Kier molecular flexibility index (Phi) is 10.0. The highest BCUT2D eigenvalue weighted by Gasteiger charge is 2.13. The summed E-state index contributed by atoms with van der Waals surface area (Å²) in [6.45, 7) is 4.43. The summed E-state index contributed by atoms with van der Waals surface area (Å²) in [6, 6.07) is 3.55. The molecular formula is C19H29BrO3. The normalized spacial score (nSPS) is 10.6. The molecule has 0 unspecified atom stereocenters. The van der Waals surface area contributed by atoms with E-state index in [0.717, 1.165) is 10.9 Å². The number of benzene rings is 1. The van der Waals surface area contributed by atoms with Gasteiger partial charge in [0, 0.05) is 6.07 Å². The van der Waals surface area contributed by atoms with E-state index in [-0.39, 0.29) is 5.78 Å². The second kappa shape index (κ2) is 11.5. The number of hydrogen-bond acceptors (Lipinski definition) is 3. The molecule has 0 radical (unpaired) electrons. The third-order valence-corrected chi connectivity index (χ3v) is 4.51. The first-order chi connectivity index (χ1) is 11.1. The zero-order chi connectivity index (χ0) is 17.1. The van der Waals surface area contributed by atoms with Crippen LogP contribution in [0.1, 0.15) is 75.6 Å². The Labute approximate surface area is 148 Å². The van der Waals surface area contributed by atoms with Gasteiger partial charge in [0.25, 0.3) is 0 Å². The Morgan fingerprint density at radius 3 is 2.17 bits per heavy atom. The van der Waals surface area contributed by atoms with E-state index >= 15 is 0 Å². The first-order valence-electron chi connectivity index (χ1n) is 8.61. The molecule has 0 saturated heterocycles. The van der Waals surface area contributed by atoms with Gasteiger partial charge in [-0.15, -0.1) is 0 Å². The molecule has 0 spiro atoms. The van der Waals surface area contributed by atoms with Crippen molar-refractivity contribution in [1.29, 1.82) is 0 Å². The second-order valence-electron chi connectivity index (χ2n) is 5.86. The largest absolute Gasteiger partial charge is 0.495 e. The smallest absolute Gasteiger partial charge is 0.163 e. The van der Waals surface area contributed by atoms with E-state index < -0.39 is 0 Å². The van der Waals surface area contributed by atoms with Gasteiger partial charge in [-0.05, 0) is 35.3 Å². The van der Waals surface area contributed by atoms with Crippen LogP contribution in [0, 0.1) is 0 Å². The molecule has 0 bridgehead atoms. The molecular weight excluding hydrogens is 356 g/mol. The van der Waals surface area contributed by atoms with Gasteiger partial charge in [-0.2, -0.15) is 0 Å². The molecule has 0 aliphatic heterocycles. The third-order valence-electron chi connectivity index (χ3n) is 3.89. The summed E-state index contributed by atoms with van der Waals surface area (Å²) in [5, 5.41) is 0. The van der Waals surface area contributed by atoms with E-state index in [0.29, 0.717) is 23.7 Å². The van der Waals surface area contributed by atoms with E-state index in [1.54, 1.807) is 26.2 Å². The van der Waals surface area contributed by atoms with Gasteiger partial charge in [0.1, 0.15) is 11.5 Å². The molecule has 0 aliphatic carbocycles. The fraction of sp³-hybridized carbons (Fsp3) is 0.632. The van der Waals surface area contributed by atoms with E-state index in [1.807, 2.05) is 0 Å². The predicted octanol–water partition coefficient (Wildman–Crippen LogP) is 6.18. The van der Waals surface area contributed by atoms with E-state index in [4.69, 9.17) is 9.47 Å². The molecule has 0 fully saturated rings. The molecule has 4 heteroatoms. The number of Topliss-reactive ketones (excluding diaryl/α,β-unsaturated/α-hetero) is 1. The van der Waals surface area contributed by atoms with Crippen LogP contribution in [0.3, 0.4) is 0 Å². The standard InChI is InChI=1S/C19H29BrO3/c1-4-5-6-7-8-9-10-11-12-23-18-14-19(22-3)17(20)13-16(18)15(2)21/h13-14H,4-12H2,1-3H3. The molecule has 3 nitrogen and oxygen atoms in total. The summed E-state index contributed by atoms with van der Waals surface area (Å²) in [7, 11) is 1.61. The SMILES string of the molecule is CCCCCCCCCCOc1cc(OC)c(Br)cc1C(C)=O. The predicted molar refractivity (Wildman–Crippen MR) is 98.8 cm³/mol. The van der Waals surface area contributed by atoms with Crippen LogP contribution in [0.25, 0.3) is 0 Å². The summed E-state index contributed by atoms with van der Waals surface area (Å²) >= 11 is 3.41. The van der Waals surface area contributed by atoms with E-state index in [1.165, 1.54) is 44.9 Å². The summed E-state index contributed by atoms with van der Waals surface area (Å²) in [6.07, 6.45) is 10.1. The minimum absolute atomic E-state index is 0.000669. The van der Waals surface area contributed by atoms with Crippen LogP contribution in [-0.2, 0) is 0 Å². The quantitative estimate of drug-likeness (QED) is 0.318. The van der Waals surface area contributed by atoms with Crippen LogP contribution >= 0.6 is 15.9 Å². The number of halogens is 1. The molecule has 130 valence electrons. The minimum Gasteiger partial charge on any atom is -0.495 e. The molecule has 0 aliphatic rings. The van der Waals surface area contributed by atoms with Crippen molar-refractivity contribution in [3.05, 3.63) is 22.2 Å². The van der Waals surface area contributed by atoms with Crippen LogP contribution in [-0.4, -0.2) is 19.5 Å². The lowest BCUT2D eigenvalue weighted by Crippen LogP contribution is -2.04. The highest BCUT2D eigenvalue weighted by molar-refractivity contribution is 9.10. The topological polar surface area (TPSA) is 35.5 Å². The van der Waals surface area contributed by atoms with Crippen molar-refractivity contribution >= 4 is 21.7 Å². The van der Waals surface area contributed by atoms with Crippen LogP contribution in [0.15, 0.2) is 16.6 Å². The Hall–Kier alpha value is -1.03. The van der Waals surface area contributed by atoms with Crippen molar-refractivity contribution in [3.8, 4) is 11.5 Å². The maximum Gasteiger partial charge on any atom is 0.163 e. The van der Waals surface area contributed by atoms with Gasteiger partial charge in [-0.1, -0.05) is 51.9 Å². The zero-order valence-electron chi connectivity index (χ0n) is 14.6. The van der Waals surface area contributed by atoms with Crippen LogP contribution < -0.4 is 9.47 Å². The number of rotatable bonds is 12. The average Bonchev–Trinajstić information content (AvgIpc) is 2.53. The van der Waals surface area contributed by atoms with E-state index in [9.17, 15) is 4.79 Å². The highest BCUT2D eigenvalue weighted by Crippen LogP contribution is 2.33. The Morgan fingerprint density at radius 1 is 1.00 bits per heavy atom. The minimum atomic E-state index is -0.000669. The van der Waals surface area contributed by atoms with Gasteiger partial charge >= 0.3 is 0 Å². The Bertz CT molecular complexity index is 486. The highest BCUT2D eigenvalue weighted by atomic mass is 79.9. The first kappa shape index (κ1) is 20.0. The molecule has 1 aromatic carbocycles. The van der Waals surface area contributed by atoms with Crippen molar-refractivity contribution in [1.82, 2.24) is 0 Å². The maximum atomic E-state index is 11.7. The number of carbonyl (C=O) groups excluding carboxylic acids is 1. The molecule has 1 rings (SSSR count). The van der Waals surface area contributed by atoms with Gasteiger partial charge < -0.3 is 9.47 Å². The fourth-order valence-corrected chi connectivity index (χ4v) is 3.01. The monoisotopic (exact) mass is 384 g/mol. The molecule has 0 aromatic heterocycles. The van der Waals surface area contributed by atoms with Crippen molar-refractivity contribution in [2.75, 3.05) is 13.7 Å². The van der Waals surface area contributed by atoms with Gasteiger partial charge in [-0.3, -0.25) is 4.79 Å². The summed E-state index contributed by atoms with van der Waals surface area (Å²) in [4.78, 5) is 11.7. The summed E-state index contributed by atoms with van der Waals surface area (Å²) in [5.41, 5.74) is 0.595. The lowest BCUT2D eigenvalue weighted by molar-refractivity contribution is 0.101. The zero-order valence-corrected chi connectivity index (χ0v) is 16.2. The maximum absolute atomic E-state index is 11.7. The second-order valence-corrected chi connectivity index (χ2v) is 6.72. The van der Waals surface area contributed by atoms with Crippen LogP contribution in [0.5, 0.6) is 11.5 Å². The lowest BCUT2D eigenvalue weighted by atomic mass is 10.1. The fourth-order valence-electron chi connectivity index (χ4n) is 2.50. The summed E-state index contributed by atoms with van der Waals surface area (Å²) < 4.78 is 11.9. The van der Waals surface area contributed by atoms with Crippen molar-refractivity contribution in [3.63, 3.8) is 0 Å². The van der Waals surface area contributed by atoms with Crippen LogP contribution in [0.2, 0.25) is 0 Å². The van der Waals surface area contributed by atoms with Gasteiger partial charge in [0.05, 0.1) is 23.8 Å². The first-order valence-corrected chi connectivity index (χ1v) is 9.40. The molecule has 0 heterocycles. The van der Waals surface area contributed by atoms with Crippen molar-refractivity contribution < 1.29 is 14.3 Å². The molecule has 0 atom stereocenters. The number of unbranched alkanes of at least 4 members (excludes halogenated alkanes) is 7. The van der Waals surface area contributed by atoms with Crippen LogP contribution in [0.4, 0.5) is 0 Å². The third kappa shape index (κ3) is 7.38. The van der Waals surface area contributed by atoms with Gasteiger partial charge in [-0.25, -0.2) is 0 Å². The van der Waals surface area contributed by atoms with Crippen molar-refractivity contribution in [2.24, 2.45) is 0 Å². The summed E-state index contributed by atoms with van der Waals surface area (Å²) in [5.74, 6) is 1.29.